The summed E-state index contributed by atoms with van der Waals surface area (Å²) >= 11 is 1.95. The molecule has 7 heteroatoms. The zero-order chi connectivity index (χ0) is 21.5. The van der Waals surface area contributed by atoms with Gasteiger partial charge in [-0.15, -0.1) is 0 Å². The van der Waals surface area contributed by atoms with Gasteiger partial charge in [0.05, 0.1) is 0 Å². The number of hydrogen-bond donors (Lipinski definition) is 2. The molecule has 1 amide bonds. The van der Waals surface area contributed by atoms with Crippen LogP contribution in [0.4, 0.5) is 5.69 Å². The molecule has 6 nitrogen and oxygen atoms in total. The normalized spacial score (nSPS) is 17.6. The third kappa shape index (κ3) is 6.12. The van der Waals surface area contributed by atoms with Crippen LogP contribution in [0.15, 0.2) is 72.1 Å². The summed E-state index contributed by atoms with van der Waals surface area (Å²) in [5.74, 6) is -0.151. The molecular weight excluding hydrogens is 408 g/mol. The van der Waals surface area contributed by atoms with Crippen LogP contribution in [-0.2, 0) is 16.1 Å². The smallest absolute Gasteiger partial charge is 0.293 e. The van der Waals surface area contributed by atoms with Gasteiger partial charge in [0.1, 0.15) is 12.3 Å². The summed E-state index contributed by atoms with van der Waals surface area (Å²) < 4.78 is 8.43. The zero-order valence-electron chi connectivity index (χ0n) is 17.5. The Kier molecular flexibility index (Phi) is 7.27. The molecule has 1 saturated carbocycles. The molecule has 0 radical (unpaired) electrons. The van der Waals surface area contributed by atoms with Crippen LogP contribution in [0, 0.1) is 5.41 Å². The fraction of sp³-hybridized carbons (Fsp3) is 0.333. The van der Waals surface area contributed by atoms with Crippen molar-refractivity contribution in [3.05, 3.63) is 77.7 Å². The second-order valence-electron chi connectivity index (χ2n) is 7.67. The van der Waals surface area contributed by atoms with E-state index in [4.69, 9.17) is 10.1 Å². The number of carbonyl (C=O) groups is 1. The van der Waals surface area contributed by atoms with Crippen molar-refractivity contribution in [2.45, 2.75) is 24.7 Å². The van der Waals surface area contributed by atoms with Gasteiger partial charge in [-0.25, -0.2) is 4.31 Å². The Morgan fingerprint density at radius 3 is 2.29 bits per heavy atom. The summed E-state index contributed by atoms with van der Waals surface area (Å²) in [6.45, 7) is 3.62. The molecule has 162 valence electrons. The van der Waals surface area contributed by atoms with Crippen LogP contribution in [0.5, 0.6) is 0 Å². The van der Waals surface area contributed by atoms with E-state index in [1.54, 1.807) is 0 Å². The SMILES string of the molecule is N=C/C(=C(/OCc1ccccc1)C(=O)Nc1ccccc1)N1CCN(SC2CC2)CC1. The Morgan fingerprint density at radius 1 is 1.03 bits per heavy atom. The van der Waals surface area contributed by atoms with Gasteiger partial charge in [-0.2, -0.15) is 0 Å². The maximum absolute atomic E-state index is 13.2. The monoisotopic (exact) mass is 436 g/mol. The minimum absolute atomic E-state index is 0.186. The lowest BCUT2D eigenvalue weighted by Crippen LogP contribution is -2.44. The van der Waals surface area contributed by atoms with E-state index in [-0.39, 0.29) is 18.3 Å². The second-order valence-corrected chi connectivity index (χ2v) is 9.07. The number of hydrogen-bond acceptors (Lipinski definition) is 6. The first-order valence-electron chi connectivity index (χ1n) is 10.7. The molecule has 31 heavy (non-hydrogen) atoms. The predicted molar refractivity (Wildman–Crippen MR) is 126 cm³/mol. The summed E-state index contributed by atoms with van der Waals surface area (Å²) in [4.78, 5) is 15.2. The molecule has 1 aliphatic heterocycles. The number of anilines is 1. The summed E-state index contributed by atoms with van der Waals surface area (Å²) in [6, 6.07) is 19.1. The van der Waals surface area contributed by atoms with E-state index in [0.29, 0.717) is 11.4 Å². The first-order valence-corrected chi connectivity index (χ1v) is 11.5. The average Bonchev–Trinajstić information content (AvgIpc) is 3.63. The lowest BCUT2D eigenvalue weighted by atomic mass is 10.2. The standard InChI is InChI=1S/C24H28N4O2S/c25-17-22(27-13-15-28(16-14-27)31-21-11-12-21)23(30-18-19-7-3-1-4-8-19)24(29)26-20-9-5-2-6-10-20/h1-10,17,21,25H,11-16,18H2,(H,26,29)/b23-22-,25-17?. The lowest BCUT2D eigenvalue weighted by molar-refractivity contribution is -0.116. The number of allylic oxidation sites excluding steroid dienone is 1. The quantitative estimate of drug-likeness (QED) is 0.268. The minimum atomic E-state index is -0.338. The van der Waals surface area contributed by atoms with Crippen molar-refractivity contribution in [1.29, 1.82) is 5.41 Å². The third-order valence-electron chi connectivity index (χ3n) is 5.24. The number of nitrogens with zero attached hydrogens (tertiary/aromatic N) is 2. The number of para-hydroxylation sites is 1. The van der Waals surface area contributed by atoms with Crippen LogP contribution in [0.3, 0.4) is 0 Å². The number of ether oxygens (including phenoxy) is 1. The molecule has 0 spiro atoms. The van der Waals surface area contributed by atoms with Crippen molar-refractivity contribution in [1.82, 2.24) is 9.21 Å². The molecule has 2 aliphatic rings. The number of amides is 1. The molecule has 2 N–H and O–H groups in total. The predicted octanol–water partition coefficient (Wildman–Crippen LogP) is 4.13. The molecule has 1 aliphatic carbocycles. The van der Waals surface area contributed by atoms with Crippen LogP contribution in [0.25, 0.3) is 0 Å². The van der Waals surface area contributed by atoms with E-state index >= 15 is 0 Å². The van der Waals surface area contributed by atoms with Crippen molar-refractivity contribution in [2.24, 2.45) is 0 Å². The lowest BCUT2D eigenvalue weighted by Gasteiger charge is -2.36. The van der Waals surface area contributed by atoms with Crippen LogP contribution in [-0.4, -0.2) is 52.8 Å². The van der Waals surface area contributed by atoms with Gasteiger partial charge in [0.2, 0.25) is 5.76 Å². The molecule has 2 aromatic rings. The van der Waals surface area contributed by atoms with Gasteiger partial charge in [0.25, 0.3) is 5.91 Å². The Labute approximate surface area is 187 Å². The largest absolute Gasteiger partial charge is 0.481 e. The number of piperazine rings is 1. The van der Waals surface area contributed by atoms with E-state index in [1.807, 2.05) is 72.6 Å². The molecule has 4 rings (SSSR count). The fourth-order valence-electron chi connectivity index (χ4n) is 3.41. The van der Waals surface area contributed by atoms with Crippen molar-refractivity contribution in [3.8, 4) is 0 Å². The highest BCUT2D eigenvalue weighted by Gasteiger charge is 2.29. The first kappa shape index (κ1) is 21.5. The molecular formula is C24H28N4O2S. The molecule has 0 bridgehead atoms. The molecule has 2 fully saturated rings. The van der Waals surface area contributed by atoms with E-state index in [0.717, 1.165) is 37.0 Å². The average molecular weight is 437 g/mol. The summed E-state index contributed by atoms with van der Waals surface area (Å²) in [5, 5.41) is 11.7. The van der Waals surface area contributed by atoms with Gasteiger partial charge in [-0.1, -0.05) is 60.5 Å². The summed E-state index contributed by atoms with van der Waals surface area (Å²) in [5.41, 5.74) is 2.20. The van der Waals surface area contributed by atoms with Crippen molar-refractivity contribution in [3.63, 3.8) is 0 Å². The summed E-state index contributed by atoms with van der Waals surface area (Å²) in [7, 11) is 0. The third-order valence-corrected chi connectivity index (χ3v) is 6.67. The number of carbonyl (C=O) groups excluding carboxylic acids is 1. The number of nitrogens with one attached hydrogen (secondary N) is 2. The number of benzene rings is 2. The van der Waals surface area contributed by atoms with E-state index in [9.17, 15) is 4.79 Å². The van der Waals surface area contributed by atoms with Crippen LogP contribution >= 0.6 is 11.9 Å². The van der Waals surface area contributed by atoms with Gasteiger partial charge in [-0.3, -0.25) is 4.79 Å². The van der Waals surface area contributed by atoms with Gasteiger partial charge in [0.15, 0.2) is 0 Å². The molecule has 1 saturated heterocycles. The van der Waals surface area contributed by atoms with Crippen molar-refractivity contribution < 1.29 is 9.53 Å². The zero-order valence-corrected chi connectivity index (χ0v) is 18.3. The molecule has 0 unspecified atom stereocenters. The van der Waals surface area contributed by atoms with Crippen LogP contribution in [0.2, 0.25) is 0 Å². The maximum Gasteiger partial charge on any atom is 0.293 e. The van der Waals surface area contributed by atoms with Crippen molar-refractivity contribution in [2.75, 3.05) is 31.5 Å². The Balaban J connectivity index is 1.51. The molecule has 2 aromatic carbocycles. The van der Waals surface area contributed by atoms with Gasteiger partial charge in [-0.05, 0) is 30.5 Å². The Hall–Kier alpha value is -2.77. The van der Waals surface area contributed by atoms with E-state index in [1.165, 1.54) is 19.1 Å². The van der Waals surface area contributed by atoms with Gasteiger partial charge < -0.3 is 20.4 Å². The topological polar surface area (TPSA) is 68.7 Å². The van der Waals surface area contributed by atoms with Crippen molar-refractivity contribution >= 4 is 29.8 Å². The minimum Gasteiger partial charge on any atom is -0.481 e. The van der Waals surface area contributed by atoms with E-state index < -0.39 is 0 Å². The maximum atomic E-state index is 13.2. The van der Waals surface area contributed by atoms with E-state index in [2.05, 4.69) is 14.5 Å². The molecule has 0 aromatic heterocycles. The first-order chi connectivity index (χ1) is 15.2. The second kappa shape index (κ2) is 10.5. The van der Waals surface area contributed by atoms with Gasteiger partial charge >= 0.3 is 0 Å². The fourth-order valence-corrected chi connectivity index (χ4v) is 4.56. The Bertz CT molecular complexity index is 908. The van der Waals surface area contributed by atoms with Crippen LogP contribution in [0.1, 0.15) is 18.4 Å². The molecule has 1 heterocycles. The van der Waals surface area contributed by atoms with Crippen LogP contribution < -0.4 is 5.32 Å². The summed E-state index contributed by atoms with van der Waals surface area (Å²) in [6.07, 6.45) is 3.87. The Morgan fingerprint density at radius 2 is 1.68 bits per heavy atom. The van der Waals surface area contributed by atoms with Gasteiger partial charge in [0, 0.05) is 43.3 Å². The number of rotatable bonds is 9. The highest BCUT2D eigenvalue weighted by Crippen LogP contribution is 2.36. The highest BCUT2D eigenvalue weighted by molar-refractivity contribution is 7.97. The molecule has 0 atom stereocenters. The highest BCUT2D eigenvalue weighted by atomic mass is 32.2.